The zero-order valence-corrected chi connectivity index (χ0v) is 12.2. The maximum Gasteiger partial charge on any atom is 0.318 e. The maximum atomic E-state index is 12.4. The molecule has 0 atom stereocenters. The van der Waals surface area contributed by atoms with Gasteiger partial charge in [-0.25, -0.2) is 8.42 Å². The van der Waals surface area contributed by atoms with Gasteiger partial charge < -0.3 is 9.84 Å². The number of likely N-dealkylation sites (N-methyl/N-ethyl adjacent to an activating group) is 1. The number of aliphatic carboxylic acids is 1. The van der Waals surface area contributed by atoms with Crippen LogP contribution >= 0.6 is 0 Å². The van der Waals surface area contributed by atoms with Crippen LogP contribution < -0.4 is 4.74 Å². The summed E-state index contributed by atoms with van der Waals surface area (Å²) in [4.78, 5) is 20.4. The standard InChI is InChI=1S/C11H14N2O7S/c1-3-12(7-11(14)15)21(18,19)10-5-4-8(13(16)17)6-9(10)20-2/h4-6H,3,7H2,1-2H3,(H,14,15). The van der Waals surface area contributed by atoms with Crippen molar-refractivity contribution in [3.8, 4) is 5.75 Å². The lowest BCUT2D eigenvalue weighted by Gasteiger charge is -2.19. The second-order valence-corrected chi connectivity index (χ2v) is 5.82. The van der Waals surface area contributed by atoms with Gasteiger partial charge in [0.25, 0.3) is 5.69 Å². The third-order valence-corrected chi connectivity index (χ3v) is 4.60. The van der Waals surface area contributed by atoms with Gasteiger partial charge in [0, 0.05) is 12.6 Å². The summed E-state index contributed by atoms with van der Waals surface area (Å²) in [7, 11) is -2.95. The fraction of sp³-hybridized carbons (Fsp3) is 0.364. The van der Waals surface area contributed by atoms with Gasteiger partial charge in [0.2, 0.25) is 10.0 Å². The van der Waals surface area contributed by atoms with E-state index in [4.69, 9.17) is 9.84 Å². The Kier molecular flexibility index (Phi) is 5.22. The fourth-order valence-electron chi connectivity index (χ4n) is 1.64. The van der Waals surface area contributed by atoms with Crippen molar-refractivity contribution in [2.45, 2.75) is 11.8 Å². The van der Waals surface area contributed by atoms with E-state index in [1.54, 1.807) is 0 Å². The molecule has 0 bridgehead atoms. The van der Waals surface area contributed by atoms with E-state index in [1.165, 1.54) is 14.0 Å². The maximum absolute atomic E-state index is 12.4. The molecular formula is C11H14N2O7S. The minimum Gasteiger partial charge on any atom is -0.495 e. The number of methoxy groups -OCH3 is 1. The van der Waals surface area contributed by atoms with Crippen LogP contribution in [0.1, 0.15) is 6.92 Å². The van der Waals surface area contributed by atoms with Gasteiger partial charge in [0.05, 0.1) is 18.1 Å². The molecular weight excluding hydrogens is 304 g/mol. The van der Waals surface area contributed by atoms with E-state index in [2.05, 4.69) is 0 Å². The Morgan fingerprint density at radius 1 is 1.48 bits per heavy atom. The van der Waals surface area contributed by atoms with Gasteiger partial charge in [-0.15, -0.1) is 0 Å². The summed E-state index contributed by atoms with van der Waals surface area (Å²) in [5.41, 5.74) is -0.327. The number of carbonyl (C=O) groups is 1. The van der Waals surface area contributed by atoms with E-state index in [0.29, 0.717) is 0 Å². The van der Waals surface area contributed by atoms with Gasteiger partial charge >= 0.3 is 5.97 Å². The van der Waals surface area contributed by atoms with Crippen LogP contribution in [0, 0.1) is 10.1 Å². The van der Waals surface area contributed by atoms with Crippen molar-refractivity contribution in [1.82, 2.24) is 4.31 Å². The SMILES string of the molecule is CCN(CC(=O)O)S(=O)(=O)c1ccc([N+](=O)[O-])cc1OC. The number of hydrogen-bond acceptors (Lipinski definition) is 6. The first-order chi connectivity index (χ1) is 9.73. The quantitative estimate of drug-likeness (QED) is 0.579. The minimum atomic E-state index is -4.13. The molecule has 0 saturated carbocycles. The molecule has 0 unspecified atom stereocenters. The average Bonchev–Trinajstić information content (AvgIpc) is 2.43. The molecule has 0 spiro atoms. The van der Waals surface area contributed by atoms with Gasteiger partial charge in [-0.2, -0.15) is 4.31 Å². The second-order valence-electron chi connectivity index (χ2n) is 3.92. The molecule has 0 amide bonds. The molecule has 0 aliphatic rings. The van der Waals surface area contributed by atoms with Crippen LogP contribution in [0.25, 0.3) is 0 Å². The molecule has 0 aliphatic carbocycles. The lowest BCUT2D eigenvalue weighted by molar-refractivity contribution is -0.385. The highest BCUT2D eigenvalue weighted by atomic mass is 32.2. The molecule has 9 nitrogen and oxygen atoms in total. The van der Waals surface area contributed by atoms with Crippen LogP contribution in [0.5, 0.6) is 5.75 Å². The highest BCUT2D eigenvalue weighted by molar-refractivity contribution is 7.89. The van der Waals surface area contributed by atoms with Crippen LogP contribution in [0.15, 0.2) is 23.1 Å². The number of carboxylic acid groups (broad SMARTS) is 1. The van der Waals surface area contributed by atoms with Crippen molar-refractivity contribution in [3.05, 3.63) is 28.3 Å². The minimum absolute atomic E-state index is 0.0607. The largest absolute Gasteiger partial charge is 0.495 e. The lowest BCUT2D eigenvalue weighted by atomic mass is 10.3. The Hall–Kier alpha value is -2.20. The summed E-state index contributed by atoms with van der Waals surface area (Å²) in [6, 6.07) is 3.02. The first-order valence-corrected chi connectivity index (χ1v) is 7.22. The van der Waals surface area contributed by atoms with Crippen molar-refractivity contribution in [2.75, 3.05) is 20.2 Å². The fourth-order valence-corrected chi connectivity index (χ4v) is 3.17. The topological polar surface area (TPSA) is 127 Å². The average molecular weight is 318 g/mol. The molecule has 0 aromatic heterocycles. The molecule has 116 valence electrons. The number of hydrogen-bond donors (Lipinski definition) is 1. The summed E-state index contributed by atoms with van der Waals surface area (Å²) < 4.78 is 30.3. The van der Waals surface area contributed by atoms with E-state index in [0.717, 1.165) is 22.5 Å². The number of nitro benzene ring substituents is 1. The number of benzene rings is 1. The smallest absolute Gasteiger partial charge is 0.318 e. The molecule has 0 fully saturated rings. The predicted molar refractivity (Wildman–Crippen MR) is 71.7 cm³/mol. The summed E-state index contributed by atoms with van der Waals surface area (Å²) in [5, 5.41) is 19.4. The highest BCUT2D eigenvalue weighted by Crippen LogP contribution is 2.30. The summed E-state index contributed by atoms with van der Waals surface area (Å²) in [6.45, 7) is 0.714. The van der Waals surface area contributed by atoms with Crippen LogP contribution in [-0.2, 0) is 14.8 Å². The first-order valence-electron chi connectivity index (χ1n) is 5.78. The Balaban J connectivity index is 3.36. The van der Waals surface area contributed by atoms with Crippen molar-refractivity contribution < 1.29 is 28.0 Å². The number of nitrogens with zero attached hydrogens (tertiary/aromatic N) is 2. The predicted octanol–water partition coefficient (Wildman–Crippen LogP) is 0.699. The van der Waals surface area contributed by atoms with Crippen LogP contribution in [0.4, 0.5) is 5.69 Å². The van der Waals surface area contributed by atoms with E-state index in [9.17, 15) is 23.3 Å². The lowest BCUT2D eigenvalue weighted by Crippen LogP contribution is -2.35. The van der Waals surface area contributed by atoms with Crippen molar-refractivity contribution in [2.24, 2.45) is 0 Å². The van der Waals surface area contributed by atoms with E-state index >= 15 is 0 Å². The van der Waals surface area contributed by atoms with Crippen molar-refractivity contribution >= 4 is 21.7 Å². The van der Waals surface area contributed by atoms with Crippen LogP contribution in [-0.4, -0.2) is 48.9 Å². The summed E-state index contributed by atoms with van der Waals surface area (Å²) in [6.07, 6.45) is 0. The van der Waals surface area contributed by atoms with Gasteiger partial charge in [-0.1, -0.05) is 6.92 Å². The van der Waals surface area contributed by atoms with Crippen LogP contribution in [0.3, 0.4) is 0 Å². The molecule has 0 radical (unpaired) electrons. The van der Waals surface area contributed by atoms with E-state index in [-0.39, 0.29) is 22.9 Å². The third-order valence-electron chi connectivity index (χ3n) is 2.64. The Morgan fingerprint density at radius 2 is 2.10 bits per heavy atom. The van der Waals surface area contributed by atoms with Crippen molar-refractivity contribution in [3.63, 3.8) is 0 Å². The number of rotatable bonds is 7. The van der Waals surface area contributed by atoms with Gasteiger partial charge in [0.1, 0.15) is 17.2 Å². The number of nitro groups is 1. The van der Waals surface area contributed by atoms with Gasteiger partial charge in [-0.3, -0.25) is 14.9 Å². The molecule has 1 aromatic rings. The first kappa shape index (κ1) is 16.9. The molecule has 1 aromatic carbocycles. The summed E-state index contributed by atoms with van der Waals surface area (Å²) in [5.74, 6) is -1.52. The Bertz CT molecular complexity index is 657. The van der Waals surface area contributed by atoms with Gasteiger partial charge in [0.15, 0.2) is 0 Å². The molecule has 10 heteroatoms. The van der Waals surface area contributed by atoms with Gasteiger partial charge in [-0.05, 0) is 6.07 Å². The van der Waals surface area contributed by atoms with Crippen LogP contribution in [0.2, 0.25) is 0 Å². The zero-order chi connectivity index (χ0) is 16.2. The molecule has 1 N–H and O–H groups in total. The Morgan fingerprint density at radius 3 is 2.52 bits per heavy atom. The van der Waals surface area contributed by atoms with E-state index < -0.39 is 27.5 Å². The number of non-ortho nitro benzene ring substituents is 1. The monoisotopic (exact) mass is 318 g/mol. The van der Waals surface area contributed by atoms with Crippen molar-refractivity contribution in [1.29, 1.82) is 0 Å². The third kappa shape index (κ3) is 3.67. The molecule has 0 aliphatic heterocycles. The molecule has 1 rings (SSSR count). The van der Waals surface area contributed by atoms with E-state index in [1.807, 2.05) is 0 Å². The summed E-state index contributed by atoms with van der Waals surface area (Å²) >= 11 is 0. The molecule has 0 heterocycles. The highest BCUT2D eigenvalue weighted by Gasteiger charge is 2.29. The molecule has 21 heavy (non-hydrogen) atoms. The number of sulfonamides is 1. The number of ether oxygens (including phenoxy) is 1. The normalized spacial score (nSPS) is 11.4. The molecule has 0 saturated heterocycles. The Labute approximate surface area is 120 Å². The second kappa shape index (κ2) is 6.50. The number of carboxylic acids is 1. The zero-order valence-electron chi connectivity index (χ0n) is 11.3.